The summed E-state index contributed by atoms with van der Waals surface area (Å²) in [6, 6.07) is 0. The van der Waals surface area contributed by atoms with Crippen molar-refractivity contribution in [2.45, 2.75) is 32.8 Å². The van der Waals surface area contributed by atoms with Crippen LogP contribution < -0.4 is 0 Å². The van der Waals surface area contributed by atoms with Crippen LogP contribution in [0.5, 0.6) is 0 Å². The van der Waals surface area contributed by atoms with Crippen molar-refractivity contribution in [2.24, 2.45) is 0 Å². The minimum absolute atomic E-state index is 0.0214. The van der Waals surface area contributed by atoms with E-state index in [1.807, 2.05) is 6.92 Å². The lowest BCUT2D eigenvalue weighted by Gasteiger charge is -2.01. The molecule has 1 atom stereocenters. The summed E-state index contributed by atoms with van der Waals surface area (Å²) in [4.78, 5) is 4.28. The average Bonchev–Trinajstić information content (AvgIpc) is 2.52. The minimum atomic E-state index is -0.0214. The highest BCUT2D eigenvalue weighted by atomic mass is 16.5. The second-order valence-electron chi connectivity index (χ2n) is 2.77. The van der Waals surface area contributed by atoms with Gasteiger partial charge < -0.3 is 4.74 Å². The average molecular weight is 169 g/mol. The molecule has 1 aromatic rings. The fraction of sp³-hybridized carbons (Fsp3) is 0.750. The van der Waals surface area contributed by atoms with E-state index in [0.29, 0.717) is 0 Å². The van der Waals surface area contributed by atoms with Gasteiger partial charge in [-0.25, -0.2) is 4.98 Å². The van der Waals surface area contributed by atoms with Crippen LogP contribution in [0.15, 0.2) is 0 Å². The molecular formula is C8H15N3O. The number of hydrogen-bond acceptors (Lipinski definition) is 3. The monoisotopic (exact) mass is 169 g/mol. The lowest BCUT2D eigenvalue weighted by atomic mass is 10.3. The van der Waals surface area contributed by atoms with Crippen molar-refractivity contribution in [3.63, 3.8) is 0 Å². The Hall–Kier alpha value is -0.900. The molecule has 1 rings (SSSR count). The van der Waals surface area contributed by atoms with Crippen LogP contribution in [0, 0.1) is 0 Å². The maximum Gasteiger partial charge on any atom is 0.179 e. The third kappa shape index (κ3) is 2.04. The number of H-pyrrole nitrogens is 1. The summed E-state index contributed by atoms with van der Waals surface area (Å²) in [6.07, 6.45) is 2.01. The summed E-state index contributed by atoms with van der Waals surface area (Å²) in [5, 5.41) is 6.93. The number of nitrogens with zero attached hydrogens (tertiary/aromatic N) is 2. The van der Waals surface area contributed by atoms with Crippen molar-refractivity contribution < 1.29 is 4.74 Å². The molecule has 12 heavy (non-hydrogen) atoms. The number of rotatable bonds is 4. The van der Waals surface area contributed by atoms with Gasteiger partial charge in [0.25, 0.3) is 0 Å². The molecule has 0 saturated heterocycles. The third-order valence-electron chi connectivity index (χ3n) is 1.75. The molecule has 1 heterocycles. The lowest BCUT2D eigenvalue weighted by Crippen LogP contribution is -1.98. The van der Waals surface area contributed by atoms with E-state index in [0.717, 1.165) is 24.5 Å². The van der Waals surface area contributed by atoms with Crippen LogP contribution in [0.1, 0.15) is 38.0 Å². The van der Waals surface area contributed by atoms with Crippen LogP contribution in [0.3, 0.4) is 0 Å². The third-order valence-corrected chi connectivity index (χ3v) is 1.75. The van der Waals surface area contributed by atoms with Crippen molar-refractivity contribution in [1.29, 1.82) is 0 Å². The summed E-state index contributed by atoms with van der Waals surface area (Å²) in [5.74, 6) is 1.68. The Bertz CT molecular complexity index is 234. The zero-order valence-corrected chi connectivity index (χ0v) is 7.79. The van der Waals surface area contributed by atoms with Gasteiger partial charge in [-0.2, -0.15) is 5.10 Å². The Morgan fingerprint density at radius 1 is 1.58 bits per heavy atom. The normalized spacial score (nSPS) is 13.2. The van der Waals surface area contributed by atoms with Crippen LogP contribution in [0.2, 0.25) is 0 Å². The van der Waals surface area contributed by atoms with E-state index < -0.39 is 0 Å². The van der Waals surface area contributed by atoms with Gasteiger partial charge in [-0.05, 0) is 13.3 Å². The number of ether oxygens (including phenoxy) is 1. The Balaban J connectivity index is 2.63. The summed E-state index contributed by atoms with van der Waals surface area (Å²) in [6.45, 7) is 4.04. The zero-order chi connectivity index (χ0) is 8.97. The van der Waals surface area contributed by atoms with Gasteiger partial charge in [-0.1, -0.05) is 6.92 Å². The molecule has 4 heteroatoms. The first-order chi connectivity index (χ1) is 5.77. The Morgan fingerprint density at radius 2 is 2.33 bits per heavy atom. The number of aromatic amines is 1. The molecule has 0 bridgehead atoms. The molecule has 0 aliphatic rings. The highest BCUT2D eigenvalue weighted by molar-refractivity contribution is 4.93. The molecule has 68 valence electrons. The van der Waals surface area contributed by atoms with Crippen molar-refractivity contribution in [3.05, 3.63) is 11.6 Å². The van der Waals surface area contributed by atoms with Crippen LogP contribution in [-0.4, -0.2) is 22.3 Å². The van der Waals surface area contributed by atoms with E-state index in [2.05, 4.69) is 22.1 Å². The maximum atomic E-state index is 5.08. The smallest absolute Gasteiger partial charge is 0.179 e. The van der Waals surface area contributed by atoms with E-state index in [4.69, 9.17) is 4.74 Å². The Kier molecular flexibility index (Phi) is 3.22. The molecule has 4 nitrogen and oxygen atoms in total. The highest BCUT2D eigenvalue weighted by Gasteiger charge is 2.09. The molecule has 1 aromatic heterocycles. The van der Waals surface area contributed by atoms with Gasteiger partial charge in [0, 0.05) is 13.5 Å². The SMILES string of the molecule is CCCc1nc(C(C)OC)n[nH]1. The standard InChI is InChI=1S/C8H15N3O/c1-4-5-7-9-8(11-10-7)6(2)12-3/h6H,4-5H2,1-3H3,(H,9,10,11). The first-order valence-electron chi connectivity index (χ1n) is 4.22. The van der Waals surface area contributed by atoms with Gasteiger partial charge in [-0.3, -0.25) is 5.10 Å². The summed E-state index contributed by atoms with van der Waals surface area (Å²) >= 11 is 0. The molecule has 0 amide bonds. The first kappa shape index (κ1) is 9.19. The minimum Gasteiger partial charge on any atom is -0.374 e. The molecule has 0 aliphatic carbocycles. The Labute approximate surface area is 72.4 Å². The van der Waals surface area contributed by atoms with Crippen molar-refractivity contribution >= 4 is 0 Å². The molecule has 0 fully saturated rings. The highest BCUT2D eigenvalue weighted by Crippen LogP contribution is 2.09. The van der Waals surface area contributed by atoms with Gasteiger partial charge >= 0.3 is 0 Å². The van der Waals surface area contributed by atoms with Crippen LogP contribution in [0.25, 0.3) is 0 Å². The lowest BCUT2D eigenvalue weighted by molar-refractivity contribution is 0.112. The number of methoxy groups -OCH3 is 1. The zero-order valence-electron chi connectivity index (χ0n) is 7.79. The molecule has 0 aromatic carbocycles. The van der Waals surface area contributed by atoms with Gasteiger partial charge in [0.15, 0.2) is 5.82 Å². The van der Waals surface area contributed by atoms with Gasteiger partial charge in [0.1, 0.15) is 11.9 Å². The van der Waals surface area contributed by atoms with E-state index in [1.165, 1.54) is 0 Å². The molecule has 1 unspecified atom stereocenters. The quantitative estimate of drug-likeness (QED) is 0.742. The van der Waals surface area contributed by atoms with E-state index >= 15 is 0 Å². The van der Waals surface area contributed by atoms with Crippen LogP contribution in [0.4, 0.5) is 0 Å². The van der Waals surface area contributed by atoms with E-state index in [-0.39, 0.29) is 6.10 Å². The molecule has 0 spiro atoms. The van der Waals surface area contributed by atoms with E-state index in [1.54, 1.807) is 7.11 Å². The molecular weight excluding hydrogens is 154 g/mol. The summed E-state index contributed by atoms with van der Waals surface area (Å²) in [5.41, 5.74) is 0. The second-order valence-corrected chi connectivity index (χ2v) is 2.77. The molecule has 0 saturated carbocycles. The first-order valence-corrected chi connectivity index (χ1v) is 4.22. The van der Waals surface area contributed by atoms with Crippen LogP contribution in [-0.2, 0) is 11.2 Å². The van der Waals surface area contributed by atoms with Gasteiger partial charge in [0.05, 0.1) is 0 Å². The van der Waals surface area contributed by atoms with Crippen molar-refractivity contribution in [1.82, 2.24) is 15.2 Å². The number of aromatic nitrogens is 3. The van der Waals surface area contributed by atoms with Gasteiger partial charge in [-0.15, -0.1) is 0 Å². The molecule has 0 radical (unpaired) electrons. The van der Waals surface area contributed by atoms with Crippen molar-refractivity contribution in [2.75, 3.05) is 7.11 Å². The second kappa shape index (κ2) is 4.21. The Morgan fingerprint density at radius 3 is 2.92 bits per heavy atom. The summed E-state index contributed by atoms with van der Waals surface area (Å²) < 4.78 is 5.08. The van der Waals surface area contributed by atoms with E-state index in [9.17, 15) is 0 Å². The predicted octanol–water partition coefficient (Wildman–Crippen LogP) is 1.46. The maximum absolute atomic E-state index is 5.08. The summed E-state index contributed by atoms with van der Waals surface area (Å²) in [7, 11) is 1.65. The topological polar surface area (TPSA) is 50.8 Å². The number of hydrogen-bond donors (Lipinski definition) is 1. The van der Waals surface area contributed by atoms with Crippen molar-refractivity contribution in [3.8, 4) is 0 Å². The fourth-order valence-corrected chi connectivity index (χ4v) is 0.946. The largest absolute Gasteiger partial charge is 0.374 e. The molecule has 1 N–H and O–H groups in total. The number of nitrogens with one attached hydrogen (secondary N) is 1. The predicted molar refractivity (Wildman–Crippen MR) is 45.8 cm³/mol. The number of aryl methyl sites for hydroxylation is 1. The fourth-order valence-electron chi connectivity index (χ4n) is 0.946. The molecule has 0 aliphatic heterocycles. The van der Waals surface area contributed by atoms with Gasteiger partial charge in [0.2, 0.25) is 0 Å². The van der Waals surface area contributed by atoms with Crippen LogP contribution >= 0.6 is 0 Å².